The maximum Gasteiger partial charge on any atom is 0.407 e. The minimum absolute atomic E-state index is 0.0137. The first-order chi connectivity index (χ1) is 17.4. The second kappa shape index (κ2) is 18.5. The Bertz CT molecular complexity index is 802. The van der Waals surface area contributed by atoms with Gasteiger partial charge in [0.1, 0.15) is 24.3 Å². The molecular weight excluding hydrogens is 478 g/mol. The van der Waals surface area contributed by atoms with Gasteiger partial charge >= 0.3 is 12.1 Å². The van der Waals surface area contributed by atoms with Crippen LogP contribution in [0.5, 0.6) is 0 Å². The van der Waals surface area contributed by atoms with E-state index in [1.54, 1.807) is 12.2 Å². The summed E-state index contributed by atoms with van der Waals surface area (Å²) in [6.07, 6.45) is 8.96. The first-order valence-electron chi connectivity index (χ1n) is 12.8. The number of carbonyl (C=O) groups excluding carboxylic acids is 4. The highest BCUT2D eigenvalue weighted by Gasteiger charge is 2.33. The maximum absolute atomic E-state index is 11.9. The molecule has 9 heteroatoms. The lowest BCUT2D eigenvalue weighted by Gasteiger charge is -2.31. The van der Waals surface area contributed by atoms with Gasteiger partial charge in [-0.25, -0.2) is 4.79 Å². The summed E-state index contributed by atoms with van der Waals surface area (Å²) >= 11 is 0. The van der Waals surface area contributed by atoms with Crippen molar-refractivity contribution in [1.82, 2.24) is 5.32 Å². The van der Waals surface area contributed by atoms with Gasteiger partial charge in [-0.3, -0.25) is 4.79 Å². The molecule has 0 aliphatic rings. The molecule has 0 saturated carbocycles. The number of amides is 1. The zero-order valence-electron chi connectivity index (χ0n) is 23.0. The average molecular weight is 524 g/mol. The summed E-state index contributed by atoms with van der Waals surface area (Å²) in [6, 6.07) is 0. The van der Waals surface area contributed by atoms with E-state index in [0.717, 1.165) is 18.3 Å². The van der Waals surface area contributed by atoms with E-state index in [0.29, 0.717) is 12.8 Å². The van der Waals surface area contributed by atoms with Crippen molar-refractivity contribution in [2.45, 2.75) is 85.0 Å². The molecule has 0 rings (SSSR count). The minimum Gasteiger partial charge on any atom is -0.455 e. The Morgan fingerprint density at radius 2 is 1.78 bits per heavy atom. The first kappa shape index (κ1) is 34.2. The van der Waals surface area contributed by atoms with E-state index >= 15 is 0 Å². The maximum atomic E-state index is 11.9. The van der Waals surface area contributed by atoms with Crippen molar-refractivity contribution >= 4 is 24.6 Å². The molecule has 0 aromatic heterocycles. The van der Waals surface area contributed by atoms with E-state index in [1.165, 1.54) is 13.8 Å². The molecule has 0 fully saturated rings. The van der Waals surface area contributed by atoms with Gasteiger partial charge in [-0.1, -0.05) is 50.6 Å². The average Bonchev–Trinajstić information content (AvgIpc) is 2.83. The Balaban J connectivity index is 5.24. The normalized spacial score (nSPS) is 17.9. The molecule has 0 spiro atoms. The van der Waals surface area contributed by atoms with Crippen LogP contribution in [0.1, 0.15) is 67.2 Å². The number of allylic oxidation sites excluding steroid dienone is 4. The summed E-state index contributed by atoms with van der Waals surface area (Å²) in [5.41, 5.74) is -0.674. The van der Waals surface area contributed by atoms with E-state index in [9.17, 15) is 29.4 Å². The lowest BCUT2D eigenvalue weighted by Crippen LogP contribution is -2.41. The van der Waals surface area contributed by atoms with Crippen molar-refractivity contribution < 1.29 is 38.9 Å². The Kier molecular flexibility index (Phi) is 17.1. The van der Waals surface area contributed by atoms with Gasteiger partial charge in [-0.05, 0) is 45.1 Å². The zero-order valence-corrected chi connectivity index (χ0v) is 23.0. The van der Waals surface area contributed by atoms with Crippen LogP contribution in [0.15, 0.2) is 36.0 Å². The van der Waals surface area contributed by atoms with Crippen molar-refractivity contribution in [2.24, 2.45) is 17.8 Å². The van der Waals surface area contributed by atoms with Crippen LogP contribution in [0.2, 0.25) is 0 Å². The van der Waals surface area contributed by atoms with E-state index in [1.807, 2.05) is 45.9 Å². The monoisotopic (exact) mass is 523 g/mol. The summed E-state index contributed by atoms with van der Waals surface area (Å²) < 4.78 is 10.5. The number of carbonyl (C=O) groups is 4. The van der Waals surface area contributed by atoms with E-state index < -0.39 is 35.8 Å². The fourth-order valence-corrected chi connectivity index (χ4v) is 3.47. The van der Waals surface area contributed by atoms with Crippen LogP contribution in [-0.4, -0.2) is 65.8 Å². The third kappa shape index (κ3) is 15.2. The van der Waals surface area contributed by atoms with Gasteiger partial charge in [-0.15, -0.1) is 0 Å². The van der Waals surface area contributed by atoms with Crippen LogP contribution in [0, 0.1) is 17.8 Å². The second-order valence-corrected chi connectivity index (χ2v) is 9.69. The Morgan fingerprint density at radius 1 is 1.11 bits per heavy atom. The summed E-state index contributed by atoms with van der Waals surface area (Å²) in [6.45, 7) is 11.1. The van der Waals surface area contributed by atoms with Gasteiger partial charge in [0, 0.05) is 31.7 Å². The van der Waals surface area contributed by atoms with Gasteiger partial charge in [-0.2, -0.15) is 0 Å². The van der Waals surface area contributed by atoms with Crippen molar-refractivity contribution in [2.75, 3.05) is 13.2 Å². The molecule has 37 heavy (non-hydrogen) atoms. The van der Waals surface area contributed by atoms with Crippen LogP contribution in [-0.2, 0) is 23.9 Å². The first-order valence-corrected chi connectivity index (χ1v) is 12.8. The highest BCUT2D eigenvalue weighted by atomic mass is 16.6. The highest BCUT2D eigenvalue weighted by molar-refractivity contribution is 5.67. The fourth-order valence-electron chi connectivity index (χ4n) is 3.47. The smallest absolute Gasteiger partial charge is 0.407 e. The number of nitrogens with one attached hydrogen (secondary N) is 1. The summed E-state index contributed by atoms with van der Waals surface area (Å²) in [5.74, 6) is -1.31. The number of hydrogen-bond acceptors (Lipinski definition) is 8. The summed E-state index contributed by atoms with van der Waals surface area (Å²) in [7, 11) is 0. The number of aldehydes is 2. The van der Waals surface area contributed by atoms with E-state index in [2.05, 4.69) is 5.32 Å². The fraction of sp³-hybridized carbons (Fsp3) is 0.643. The van der Waals surface area contributed by atoms with Crippen LogP contribution in [0.4, 0.5) is 4.79 Å². The van der Waals surface area contributed by atoms with E-state index in [4.69, 9.17) is 9.47 Å². The molecule has 0 bridgehead atoms. The lowest BCUT2D eigenvalue weighted by molar-refractivity contribution is -0.156. The summed E-state index contributed by atoms with van der Waals surface area (Å²) in [4.78, 5) is 45.6. The quantitative estimate of drug-likeness (QED) is 0.107. The van der Waals surface area contributed by atoms with Crippen LogP contribution in [0.25, 0.3) is 0 Å². The second-order valence-electron chi connectivity index (χ2n) is 9.69. The molecule has 0 aliphatic heterocycles. The molecule has 9 nitrogen and oxygen atoms in total. The number of hydrogen-bond donors (Lipinski definition) is 3. The molecule has 3 N–H and O–H groups in total. The van der Waals surface area contributed by atoms with Crippen molar-refractivity contribution in [3.05, 3.63) is 36.0 Å². The Morgan fingerprint density at radius 3 is 2.35 bits per heavy atom. The zero-order chi connectivity index (χ0) is 28.4. The van der Waals surface area contributed by atoms with Gasteiger partial charge in [0.25, 0.3) is 0 Å². The SMILES string of the molecule is CCCNC(=O)OC[C@@H](C)/C=C/C=C(\C)[C@@H](C=O)[C@@H](C)/C=C/[C@H](OC(C)=O)[C@@](C)(O)CC[C@H](O)CC=O. The molecule has 0 saturated heterocycles. The van der Waals surface area contributed by atoms with Crippen LogP contribution >= 0.6 is 0 Å². The minimum atomic E-state index is -1.48. The molecule has 6 atom stereocenters. The number of aliphatic hydroxyl groups is 2. The molecule has 1 amide bonds. The topological polar surface area (TPSA) is 139 Å². The Hall–Kier alpha value is -2.78. The third-order valence-corrected chi connectivity index (χ3v) is 5.88. The molecule has 0 unspecified atom stereocenters. The number of rotatable bonds is 18. The Labute approximate surface area is 221 Å². The van der Waals surface area contributed by atoms with Gasteiger partial charge in [0.15, 0.2) is 0 Å². The molecule has 0 aromatic rings. The summed E-state index contributed by atoms with van der Waals surface area (Å²) in [5, 5.41) is 23.3. The standard InChI is InChI=1S/C28H45NO8/c1-7-16-29-27(34)36-19-20(2)9-8-10-21(3)25(18-31)22(4)11-12-26(37-23(5)32)28(6,35)15-13-24(33)14-17-30/h8-12,17-18,20,22,24-26,33,35H,7,13-16,19H2,1-6H3,(H,29,34)/b9-8+,12-11+,21-10+/t20-,22-,24-,25+,26-,28-/m0/s1. The van der Waals surface area contributed by atoms with E-state index in [-0.39, 0.29) is 37.7 Å². The number of alkyl carbamates (subject to hydrolysis) is 1. The number of ether oxygens (including phenoxy) is 2. The van der Waals surface area contributed by atoms with Crippen LogP contribution < -0.4 is 5.32 Å². The molecular formula is C28H45NO8. The lowest BCUT2D eigenvalue weighted by atomic mass is 9.86. The predicted octanol–water partition coefficient (Wildman–Crippen LogP) is 3.68. The van der Waals surface area contributed by atoms with Crippen molar-refractivity contribution in [1.29, 1.82) is 0 Å². The van der Waals surface area contributed by atoms with Gasteiger partial charge in [0.05, 0.1) is 12.7 Å². The number of esters is 1. The molecule has 0 heterocycles. The van der Waals surface area contributed by atoms with Gasteiger partial charge < -0.3 is 34.6 Å². The predicted molar refractivity (Wildman–Crippen MR) is 142 cm³/mol. The highest BCUT2D eigenvalue weighted by Crippen LogP contribution is 2.25. The van der Waals surface area contributed by atoms with Crippen molar-refractivity contribution in [3.63, 3.8) is 0 Å². The largest absolute Gasteiger partial charge is 0.455 e. The molecule has 0 aliphatic carbocycles. The third-order valence-electron chi connectivity index (χ3n) is 5.88. The van der Waals surface area contributed by atoms with Crippen molar-refractivity contribution in [3.8, 4) is 0 Å². The number of aliphatic hydroxyl groups excluding tert-OH is 1. The molecule has 0 aromatic carbocycles. The van der Waals surface area contributed by atoms with Crippen LogP contribution in [0.3, 0.4) is 0 Å². The van der Waals surface area contributed by atoms with Gasteiger partial charge in [0.2, 0.25) is 0 Å². The molecule has 0 radical (unpaired) electrons. The molecule has 210 valence electrons.